The first-order valence-electron chi connectivity index (χ1n) is 6.30. The van der Waals surface area contributed by atoms with Gasteiger partial charge in [-0.2, -0.15) is 0 Å². The minimum atomic E-state index is -0.318. The van der Waals surface area contributed by atoms with Crippen LogP contribution in [0.3, 0.4) is 0 Å². The summed E-state index contributed by atoms with van der Waals surface area (Å²) in [6.45, 7) is 2.78. The van der Waals surface area contributed by atoms with Gasteiger partial charge >= 0.3 is 0 Å². The molecule has 0 aliphatic carbocycles. The van der Waals surface area contributed by atoms with Gasteiger partial charge in [-0.15, -0.1) is 0 Å². The van der Waals surface area contributed by atoms with E-state index in [-0.39, 0.29) is 29.6 Å². The first-order valence-corrected chi connectivity index (χ1v) is 6.30. The minimum absolute atomic E-state index is 0.00245. The molecule has 2 heterocycles. The summed E-state index contributed by atoms with van der Waals surface area (Å²) in [5, 5.41) is 0. The maximum absolute atomic E-state index is 11.9. The van der Waals surface area contributed by atoms with Gasteiger partial charge in [0.15, 0.2) is 0 Å². The normalized spacial score (nSPS) is 27.4. The SMILES string of the molecule is CC/C=C/CC(=O)N1C[C@@H]2C(=O)N(C)C(=O)[C@@H]2C1. The molecule has 2 aliphatic rings. The van der Waals surface area contributed by atoms with Crippen molar-refractivity contribution in [3.63, 3.8) is 0 Å². The van der Waals surface area contributed by atoms with Gasteiger partial charge in [0, 0.05) is 26.6 Å². The van der Waals surface area contributed by atoms with Crippen LogP contribution in [0.2, 0.25) is 0 Å². The van der Waals surface area contributed by atoms with E-state index in [1.54, 1.807) is 4.90 Å². The zero-order chi connectivity index (χ0) is 13.3. The van der Waals surface area contributed by atoms with Gasteiger partial charge in [0.2, 0.25) is 17.7 Å². The smallest absolute Gasteiger partial charge is 0.234 e. The molecule has 0 radical (unpaired) electrons. The average Bonchev–Trinajstić information content (AvgIpc) is 2.87. The second-order valence-corrected chi connectivity index (χ2v) is 4.83. The van der Waals surface area contributed by atoms with Crippen LogP contribution in [0.4, 0.5) is 0 Å². The van der Waals surface area contributed by atoms with Crippen molar-refractivity contribution >= 4 is 17.7 Å². The molecule has 2 fully saturated rings. The number of hydrogen-bond donors (Lipinski definition) is 0. The molecule has 18 heavy (non-hydrogen) atoms. The van der Waals surface area contributed by atoms with E-state index < -0.39 is 0 Å². The van der Waals surface area contributed by atoms with Crippen molar-refractivity contribution in [2.45, 2.75) is 19.8 Å². The van der Waals surface area contributed by atoms with Crippen LogP contribution < -0.4 is 0 Å². The molecule has 0 aromatic rings. The molecule has 5 heteroatoms. The molecule has 0 aromatic heterocycles. The zero-order valence-corrected chi connectivity index (χ0v) is 10.8. The van der Waals surface area contributed by atoms with Gasteiger partial charge in [-0.3, -0.25) is 19.3 Å². The fourth-order valence-electron chi connectivity index (χ4n) is 2.59. The lowest BCUT2D eigenvalue weighted by molar-refractivity contribution is -0.139. The van der Waals surface area contributed by atoms with E-state index in [4.69, 9.17) is 0 Å². The van der Waals surface area contributed by atoms with E-state index in [2.05, 4.69) is 0 Å². The van der Waals surface area contributed by atoms with Crippen LogP contribution in [0.25, 0.3) is 0 Å². The van der Waals surface area contributed by atoms with Crippen molar-refractivity contribution in [3.05, 3.63) is 12.2 Å². The van der Waals surface area contributed by atoms with Crippen LogP contribution in [0.15, 0.2) is 12.2 Å². The summed E-state index contributed by atoms with van der Waals surface area (Å²) in [6.07, 6.45) is 5.04. The molecule has 0 unspecified atom stereocenters. The highest BCUT2D eigenvalue weighted by Gasteiger charge is 2.51. The zero-order valence-electron chi connectivity index (χ0n) is 10.8. The maximum Gasteiger partial charge on any atom is 0.234 e. The first-order chi connectivity index (χ1) is 8.56. The molecular formula is C13H18N2O3. The number of fused-ring (bicyclic) bond motifs is 1. The summed E-state index contributed by atoms with van der Waals surface area (Å²) < 4.78 is 0. The third kappa shape index (κ3) is 2.05. The Morgan fingerprint density at radius 3 is 2.28 bits per heavy atom. The topological polar surface area (TPSA) is 57.7 Å². The highest BCUT2D eigenvalue weighted by Crippen LogP contribution is 2.32. The molecule has 2 aliphatic heterocycles. The van der Waals surface area contributed by atoms with E-state index in [0.29, 0.717) is 19.5 Å². The third-order valence-corrected chi connectivity index (χ3v) is 3.66. The number of carbonyl (C=O) groups is 3. The number of rotatable bonds is 3. The Balaban J connectivity index is 1.98. The molecule has 0 N–H and O–H groups in total. The van der Waals surface area contributed by atoms with Crippen LogP contribution in [-0.4, -0.2) is 47.7 Å². The summed E-state index contributed by atoms with van der Waals surface area (Å²) in [5.74, 6) is -0.936. The van der Waals surface area contributed by atoms with E-state index in [9.17, 15) is 14.4 Å². The van der Waals surface area contributed by atoms with Crippen molar-refractivity contribution < 1.29 is 14.4 Å². The molecule has 3 amide bonds. The van der Waals surface area contributed by atoms with Crippen molar-refractivity contribution in [2.75, 3.05) is 20.1 Å². The van der Waals surface area contributed by atoms with E-state index in [0.717, 1.165) is 6.42 Å². The summed E-state index contributed by atoms with van der Waals surface area (Å²) in [5.41, 5.74) is 0. The summed E-state index contributed by atoms with van der Waals surface area (Å²) in [7, 11) is 1.51. The number of imide groups is 1. The molecule has 98 valence electrons. The van der Waals surface area contributed by atoms with Crippen LogP contribution in [0, 0.1) is 11.8 Å². The van der Waals surface area contributed by atoms with E-state index in [1.807, 2.05) is 19.1 Å². The Bertz CT molecular complexity index is 392. The standard InChI is InChI=1S/C13H18N2O3/c1-3-4-5-6-11(16)15-7-9-10(8-15)13(18)14(2)12(9)17/h4-5,9-10H,3,6-8H2,1-2H3/b5-4+/t9-,10+. The molecule has 0 aromatic carbocycles. The highest BCUT2D eigenvalue weighted by atomic mass is 16.2. The lowest BCUT2D eigenvalue weighted by Gasteiger charge is -2.18. The van der Waals surface area contributed by atoms with Gasteiger partial charge < -0.3 is 4.90 Å². The third-order valence-electron chi connectivity index (χ3n) is 3.66. The van der Waals surface area contributed by atoms with Crippen molar-refractivity contribution in [3.8, 4) is 0 Å². The molecular weight excluding hydrogens is 232 g/mol. The maximum atomic E-state index is 11.9. The monoisotopic (exact) mass is 250 g/mol. The Hall–Kier alpha value is -1.65. The highest BCUT2D eigenvalue weighted by molar-refractivity contribution is 6.06. The summed E-state index contributed by atoms with van der Waals surface area (Å²) >= 11 is 0. The van der Waals surface area contributed by atoms with Gasteiger partial charge in [-0.05, 0) is 6.42 Å². The van der Waals surface area contributed by atoms with Crippen LogP contribution in [0.5, 0.6) is 0 Å². The fraction of sp³-hybridized carbons (Fsp3) is 0.615. The number of likely N-dealkylation sites (tertiary alicyclic amines) is 2. The fourth-order valence-corrected chi connectivity index (χ4v) is 2.59. The van der Waals surface area contributed by atoms with Crippen LogP contribution >= 0.6 is 0 Å². The van der Waals surface area contributed by atoms with E-state index in [1.165, 1.54) is 11.9 Å². The second kappa shape index (κ2) is 4.92. The minimum Gasteiger partial charge on any atom is -0.341 e. The molecule has 0 spiro atoms. The van der Waals surface area contributed by atoms with Gasteiger partial charge in [0.05, 0.1) is 11.8 Å². The predicted octanol–water partition coefficient (Wildman–Crippen LogP) is 0.416. The molecule has 2 saturated heterocycles. The molecule has 0 saturated carbocycles. The number of nitrogens with zero attached hydrogens (tertiary/aromatic N) is 2. The summed E-state index contributed by atoms with van der Waals surface area (Å²) in [4.78, 5) is 38.3. The summed E-state index contributed by atoms with van der Waals surface area (Å²) in [6, 6.07) is 0. The van der Waals surface area contributed by atoms with Crippen molar-refractivity contribution in [1.82, 2.24) is 9.80 Å². The van der Waals surface area contributed by atoms with Crippen LogP contribution in [0.1, 0.15) is 19.8 Å². The second-order valence-electron chi connectivity index (χ2n) is 4.83. The molecule has 2 rings (SSSR count). The van der Waals surface area contributed by atoms with Crippen molar-refractivity contribution in [1.29, 1.82) is 0 Å². The predicted molar refractivity (Wildman–Crippen MR) is 65.4 cm³/mol. The lowest BCUT2D eigenvalue weighted by Crippen LogP contribution is -2.35. The van der Waals surface area contributed by atoms with Gasteiger partial charge in [0.25, 0.3) is 0 Å². The van der Waals surface area contributed by atoms with Gasteiger partial charge in [-0.25, -0.2) is 0 Å². The number of carbonyl (C=O) groups excluding carboxylic acids is 3. The molecule has 0 bridgehead atoms. The quantitative estimate of drug-likeness (QED) is 0.538. The van der Waals surface area contributed by atoms with Crippen molar-refractivity contribution in [2.24, 2.45) is 11.8 Å². The van der Waals surface area contributed by atoms with Gasteiger partial charge in [0.1, 0.15) is 0 Å². The number of allylic oxidation sites excluding steroid dienone is 1. The van der Waals surface area contributed by atoms with Crippen LogP contribution in [-0.2, 0) is 14.4 Å². The number of amides is 3. The van der Waals surface area contributed by atoms with E-state index >= 15 is 0 Å². The number of hydrogen-bond acceptors (Lipinski definition) is 3. The Morgan fingerprint density at radius 2 is 1.78 bits per heavy atom. The Morgan fingerprint density at radius 1 is 1.22 bits per heavy atom. The average molecular weight is 250 g/mol. The lowest BCUT2D eigenvalue weighted by atomic mass is 10.00. The largest absolute Gasteiger partial charge is 0.341 e. The first kappa shape index (κ1) is 12.8. The Kier molecular flexibility index (Phi) is 3.50. The Labute approximate surface area is 106 Å². The molecule has 5 nitrogen and oxygen atoms in total. The van der Waals surface area contributed by atoms with Gasteiger partial charge in [-0.1, -0.05) is 19.1 Å². The molecule has 2 atom stereocenters.